The van der Waals surface area contributed by atoms with Gasteiger partial charge in [-0.15, -0.1) is 11.3 Å². The third-order valence-electron chi connectivity index (χ3n) is 6.68. The predicted octanol–water partition coefficient (Wildman–Crippen LogP) is 2.29. The second kappa shape index (κ2) is 13.0. The van der Waals surface area contributed by atoms with Crippen molar-refractivity contribution in [3.05, 3.63) is 39.5 Å². The maximum absolute atomic E-state index is 13.2. The van der Waals surface area contributed by atoms with Crippen molar-refractivity contribution < 1.29 is 19.2 Å². The molecule has 3 N–H and O–H groups in total. The van der Waals surface area contributed by atoms with Crippen LogP contribution in [-0.4, -0.2) is 74.3 Å². The van der Waals surface area contributed by atoms with E-state index in [0.29, 0.717) is 24.3 Å². The fraction of sp³-hybridized carbons (Fsp3) is 0.500. The topological polar surface area (TPSA) is 137 Å². The van der Waals surface area contributed by atoms with Gasteiger partial charge in [0.25, 0.3) is 5.91 Å². The van der Waals surface area contributed by atoms with Crippen LogP contribution in [0.2, 0.25) is 0 Å². The molecule has 0 saturated heterocycles. The zero-order valence-electron chi connectivity index (χ0n) is 21.0. The van der Waals surface area contributed by atoms with Crippen LogP contribution in [-0.2, 0) is 31.8 Å². The number of carbonyl (C=O) groups is 4. The Morgan fingerprint density at radius 2 is 1.95 bits per heavy atom. The number of alkyl halides is 1. The zero-order valence-corrected chi connectivity index (χ0v) is 26.1. The van der Waals surface area contributed by atoms with E-state index in [9.17, 15) is 19.2 Å². The van der Waals surface area contributed by atoms with Gasteiger partial charge in [-0.05, 0) is 37.9 Å². The summed E-state index contributed by atoms with van der Waals surface area (Å²) in [6, 6.07) is 2.42. The predicted molar refractivity (Wildman–Crippen MR) is 160 cm³/mol. The lowest BCUT2D eigenvalue weighted by molar-refractivity contribution is -0.137. The quantitative estimate of drug-likeness (QED) is 0.178. The van der Waals surface area contributed by atoms with Crippen molar-refractivity contribution in [3.8, 4) is 0 Å². The van der Waals surface area contributed by atoms with Crippen LogP contribution >= 0.6 is 56.8 Å². The number of anilines is 1. The van der Waals surface area contributed by atoms with Gasteiger partial charge in [-0.25, -0.2) is 9.97 Å². The summed E-state index contributed by atoms with van der Waals surface area (Å²) in [4.78, 5) is 63.2. The Kier molecular flexibility index (Phi) is 9.91. The van der Waals surface area contributed by atoms with Gasteiger partial charge in [0.1, 0.15) is 5.82 Å². The molecule has 38 heavy (non-hydrogen) atoms. The lowest BCUT2D eigenvalue weighted by Crippen LogP contribution is -2.57. The van der Waals surface area contributed by atoms with E-state index in [1.54, 1.807) is 19.3 Å². The van der Waals surface area contributed by atoms with Gasteiger partial charge in [0.15, 0.2) is 5.01 Å². The molecule has 1 aliphatic heterocycles. The lowest BCUT2D eigenvalue weighted by atomic mass is 9.81. The molecule has 0 unspecified atom stereocenters. The van der Waals surface area contributed by atoms with Gasteiger partial charge in [-0.3, -0.25) is 22.3 Å². The highest BCUT2D eigenvalue weighted by Gasteiger charge is 2.38. The molecule has 0 bridgehead atoms. The third-order valence-corrected chi connectivity index (χ3v) is 9.12. The number of thiazole rings is 1. The average Bonchev–Trinajstić information content (AvgIpc) is 3.33. The van der Waals surface area contributed by atoms with Crippen LogP contribution in [0.25, 0.3) is 0 Å². The molecule has 0 spiro atoms. The van der Waals surface area contributed by atoms with Gasteiger partial charge in [-0.2, -0.15) is 0 Å². The van der Waals surface area contributed by atoms with Crippen LogP contribution in [0, 0.1) is 5.92 Å². The minimum atomic E-state index is -0.841. The summed E-state index contributed by atoms with van der Waals surface area (Å²) in [5, 5.41) is 8.65. The van der Waals surface area contributed by atoms with Crippen molar-refractivity contribution in [2.24, 2.45) is 5.92 Å². The molecule has 1 saturated carbocycles. The summed E-state index contributed by atoms with van der Waals surface area (Å²) in [7, 11) is 3.72. The molecule has 1 aliphatic carbocycles. The van der Waals surface area contributed by atoms with E-state index in [0.717, 1.165) is 40.1 Å². The molecule has 0 aromatic carbocycles. The summed E-state index contributed by atoms with van der Waals surface area (Å²) in [6.07, 6.45) is 3.75. The Hall–Kier alpha value is -1.92. The SMILES string of the molecule is CN1CCc2nc(C(=O)N[C@@H]3C[C@@H](C(=O)N(C)I)CC[C@@H]3NC(=O)C(=O)Nc3ccc(CI)cn3)sc2C1. The van der Waals surface area contributed by atoms with E-state index < -0.39 is 23.9 Å². The molecule has 4 amide bonds. The molecular weight excluding hydrogens is 736 g/mol. The second-order valence-electron chi connectivity index (χ2n) is 9.50. The van der Waals surface area contributed by atoms with E-state index in [2.05, 4.69) is 53.4 Å². The fourth-order valence-corrected chi connectivity index (χ4v) is 6.55. The summed E-state index contributed by atoms with van der Waals surface area (Å²) in [6.45, 7) is 1.65. The van der Waals surface area contributed by atoms with Crippen LogP contribution in [0.5, 0.6) is 0 Å². The molecule has 3 heterocycles. The number of likely N-dealkylation sites (N-methyl/N-ethyl adjacent to an activating group) is 1. The minimum absolute atomic E-state index is 0.0406. The molecule has 0 radical (unpaired) electrons. The van der Waals surface area contributed by atoms with Gasteiger partial charge >= 0.3 is 11.8 Å². The highest BCUT2D eigenvalue weighted by Crippen LogP contribution is 2.29. The Labute approximate surface area is 252 Å². The van der Waals surface area contributed by atoms with Gasteiger partial charge in [0, 0.05) is 54.0 Å². The van der Waals surface area contributed by atoms with E-state index in [1.165, 1.54) is 14.5 Å². The van der Waals surface area contributed by atoms with Crippen molar-refractivity contribution in [3.63, 3.8) is 0 Å². The van der Waals surface area contributed by atoms with Gasteiger partial charge < -0.3 is 20.9 Å². The van der Waals surface area contributed by atoms with Gasteiger partial charge in [0.2, 0.25) is 5.91 Å². The molecule has 2 aromatic heterocycles. The molecule has 1 fully saturated rings. The Balaban J connectivity index is 1.44. The summed E-state index contributed by atoms with van der Waals surface area (Å²) in [5.41, 5.74) is 1.95. The van der Waals surface area contributed by atoms with Crippen molar-refractivity contribution in [1.29, 1.82) is 0 Å². The van der Waals surface area contributed by atoms with E-state index in [1.807, 2.05) is 36.0 Å². The standard InChI is InChI=1S/C24H29I2N7O4S/c1-32-8-7-16-18(12-32)38-23(30-16)22(36)29-17-9-14(24(37)33(2)26)4-5-15(17)28-20(34)21(35)31-19-6-3-13(10-25)11-27-19/h3,6,11,14-15,17H,4-5,7-10,12H2,1-2H3,(H,28,34)(H,29,36)(H,27,31,35)/t14-,15-,17+/m0/s1. The number of amides is 4. The second-order valence-corrected chi connectivity index (χ2v) is 12.8. The highest BCUT2D eigenvalue weighted by molar-refractivity contribution is 14.1. The van der Waals surface area contributed by atoms with Crippen LogP contribution in [0.4, 0.5) is 5.82 Å². The van der Waals surface area contributed by atoms with E-state index in [4.69, 9.17) is 0 Å². The van der Waals surface area contributed by atoms with Crippen LogP contribution in [0.1, 0.15) is 45.2 Å². The first-order chi connectivity index (χ1) is 18.1. The number of pyridine rings is 1. The largest absolute Gasteiger partial charge is 0.345 e. The first-order valence-corrected chi connectivity index (χ1v) is 15.5. The monoisotopic (exact) mass is 765 g/mol. The third kappa shape index (κ3) is 7.18. The van der Waals surface area contributed by atoms with Crippen molar-refractivity contribution in [2.75, 3.05) is 26.0 Å². The van der Waals surface area contributed by atoms with Gasteiger partial charge in [-0.1, -0.05) is 28.7 Å². The van der Waals surface area contributed by atoms with E-state index in [-0.39, 0.29) is 23.6 Å². The summed E-state index contributed by atoms with van der Waals surface area (Å²) in [5.74, 6) is -2.06. The maximum atomic E-state index is 13.2. The average molecular weight is 765 g/mol. The van der Waals surface area contributed by atoms with Crippen LogP contribution < -0.4 is 16.0 Å². The first kappa shape index (κ1) is 29.1. The number of fused-ring (bicyclic) bond motifs is 1. The van der Waals surface area contributed by atoms with Crippen molar-refractivity contribution >= 4 is 86.2 Å². The Morgan fingerprint density at radius 1 is 1.16 bits per heavy atom. The zero-order chi connectivity index (χ0) is 27.4. The van der Waals surface area contributed by atoms with Gasteiger partial charge in [0.05, 0.1) is 34.6 Å². The molecule has 11 nitrogen and oxygen atoms in total. The first-order valence-electron chi connectivity index (χ1n) is 12.2. The molecule has 3 atom stereocenters. The molecule has 4 rings (SSSR count). The fourth-order valence-electron chi connectivity index (χ4n) is 4.61. The van der Waals surface area contributed by atoms with Crippen LogP contribution in [0.15, 0.2) is 18.3 Å². The molecule has 204 valence electrons. The minimum Gasteiger partial charge on any atom is -0.345 e. The lowest BCUT2D eigenvalue weighted by Gasteiger charge is -2.36. The normalized spacial score (nSPS) is 21.2. The molecule has 2 aliphatic rings. The number of carbonyl (C=O) groups excluding carboxylic acids is 4. The molecule has 14 heteroatoms. The molecule has 2 aromatic rings. The number of aromatic nitrogens is 2. The van der Waals surface area contributed by atoms with Crippen LogP contribution in [0.3, 0.4) is 0 Å². The number of nitrogens with one attached hydrogen (secondary N) is 3. The number of rotatable bonds is 6. The molecular formula is C24H29I2N7O4S. The number of hydrogen-bond donors (Lipinski definition) is 3. The number of hydrogen-bond acceptors (Lipinski definition) is 8. The number of halogens is 2. The van der Waals surface area contributed by atoms with Crippen molar-refractivity contribution in [1.82, 2.24) is 28.6 Å². The number of nitrogens with zero attached hydrogens (tertiary/aromatic N) is 4. The smallest absolute Gasteiger partial charge is 0.314 e. The van der Waals surface area contributed by atoms with E-state index >= 15 is 0 Å². The van der Waals surface area contributed by atoms with Crippen molar-refractivity contribution in [2.45, 2.75) is 48.7 Å². The summed E-state index contributed by atoms with van der Waals surface area (Å²) >= 11 is 5.52. The Bertz CT molecular complexity index is 1210. The highest BCUT2D eigenvalue weighted by atomic mass is 127. The maximum Gasteiger partial charge on any atom is 0.314 e. The Morgan fingerprint density at radius 3 is 2.63 bits per heavy atom. The summed E-state index contributed by atoms with van der Waals surface area (Å²) < 4.78 is 2.29.